The van der Waals surface area contributed by atoms with E-state index in [1.54, 1.807) is 25.6 Å². The molecule has 5 N–H and O–H groups in total. The number of nitrogens with one attached hydrogen (secondary N) is 4. The van der Waals surface area contributed by atoms with Gasteiger partial charge in [-0.2, -0.15) is 0 Å². The molecule has 0 unspecified atom stereocenters. The maximum atomic E-state index is 13.1. The predicted octanol–water partition coefficient (Wildman–Crippen LogP) is 4.48. The van der Waals surface area contributed by atoms with Crippen LogP contribution in [0.5, 0.6) is 5.75 Å². The molecule has 0 radical (unpaired) electrons. The molecule has 2 aromatic heterocycles. The Morgan fingerprint density at radius 1 is 1.09 bits per heavy atom. The molecule has 234 valence electrons. The predicted molar refractivity (Wildman–Crippen MR) is 175 cm³/mol. The first kappa shape index (κ1) is 32.1. The molecule has 1 atom stereocenters. The number of halogens is 1. The van der Waals surface area contributed by atoms with Crippen molar-refractivity contribution in [3.63, 3.8) is 0 Å². The van der Waals surface area contributed by atoms with Gasteiger partial charge in [0.05, 0.1) is 24.4 Å². The van der Waals surface area contributed by atoms with Gasteiger partial charge in [0.2, 0.25) is 5.91 Å². The molecule has 4 aromatic rings. The Morgan fingerprint density at radius 2 is 1.96 bits per heavy atom. The highest BCUT2D eigenvalue weighted by atomic mass is 35.5. The van der Waals surface area contributed by atoms with Crippen molar-refractivity contribution in [3.8, 4) is 28.1 Å². The second-order valence-electron chi connectivity index (χ2n) is 10.9. The van der Waals surface area contributed by atoms with Crippen LogP contribution < -0.4 is 26.0 Å². The summed E-state index contributed by atoms with van der Waals surface area (Å²) >= 11 is 6.97. The van der Waals surface area contributed by atoms with Crippen LogP contribution in [-0.2, 0) is 17.9 Å². The summed E-state index contributed by atoms with van der Waals surface area (Å²) in [7, 11) is 1.62. The lowest BCUT2D eigenvalue weighted by molar-refractivity contribution is -0.119. The van der Waals surface area contributed by atoms with E-state index >= 15 is 0 Å². The van der Waals surface area contributed by atoms with E-state index in [4.69, 9.17) is 21.4 Å². The van der Waals surface area contributed by atoms with Crippen LogP contribution in [0, 0.1) is 6.92 Å². The van der Waals surface area contributed by atoms with E-state index in [0.717, 1.165) is 39.8 Å². The number of hydrogen-bond acceptors (Lipinski definition) is 8. The fraction of sp³-hybridized carbons (Fsp3) is 0.294. The van der Waals surface area contributed by atoms with Crippen LogP contribution in [0.15, 0.2) is 67.0 Å². The van der Waals surface area contributed by atoms with Crippen molar-refractivity contribution < 1.29 is 19.4 Å². The third-order valence-electron chi connectivity index (χ3n) is 7.79. The summed E-state index contributed by atoms with van der Waals surface area (Å²) < 4.78 is 5.61. The fourth-order valence-corrected chi connectivity index (χ4v) is 5.65. The molecule has 1 saturated heterocycles. The molecular weight excluding hydrogens is 592 g/mol. The van der Waals surface area contributed by atoms with Gasteiger partial charge in [-0.1, -0.05) is 41.9 Å². The van der Waals surface area contributed by atoms with Gasteiger partial charge in [0.25, 0.3) is 5.91 Å². The highest BCUT2D eigenvalue weighted by molar-refractivity contribution is 6.35. The van der Waals surface area contributed by atoms with Gasteiger partial charge < -0.3 is 31.1 Å². The van der Waals surface area contributed by atoms with Crippen molar-refractivity contribution in [2.24, 2.45) is 0 Å². The van der Waals surface area contributed by atoms with Crippen LogP contribution >= 0.6 is 11.6 Å². The molecular formula is C34H37ClN6O4. The van der Waals surface area contributed by atoms with Crippen molar-refractivity contribution in [1.29, 1.82) is 0 Å². The number of amides is 2. The number of anilines is 1. The Balaban J connectivity index is 1.29. The molecule has 1 aliphatic rings. The number of pyridine rings is 2. The summed E-state index contributed by atoms with van der Waals surface area (Å²) in [5, 5.41) is 22.0. The van der Waals surface area contributed by atoms with Crippen molar-refractivity contribution in [1.82, 2.24) is 25.9 Å². The molecule has 1 aliphatic heterocycles. The standard InChI is InChI=1S/C34H37ClN6O4/c1-21-26(27-12-13-38-33(32(27)35)23-7-8-24(19-36-14-15-42)30(16-23)45-2)4-3-5-28(21)41-34(44)29-10-6-22(18-39-29)17-37-20-25-9-11-31(43)40-25/h3-8,10,12-13,16,18,25,36-37,42H,9,11,14-15,17,19-20H2,1-2H3,(H,40,43)(H,41,44)/t25-/m0/s1. The molecule has 0 spiro atoms. The molecule has 5 rings (SSSR count). The Kier molecular flexibility index (Phi) is 10.7. The second kappa shape index (κ2) is 15.1. The zero-order valence-corrected chi connectivity index (χ0v) is 26.1. The third kappa shape index (κ3) is 7.84. The fourth-order valence-electron chi connectivity index (χ4n) is 5.33. The molecule has 1 fully saturated rings. The molecule has 11 heteroatoms. The quantitative estimate of drug-likeness (QED) is 0.137. The highest BCUT2D eigenvalue weighted by Gasteiger charge is 2.20. The molecule has 45 heavy (non-hydrogen) atoms. The average molecular weight is 629 g/mol. The van der Waals surface area contributed by atoms with Crippen LogP contribution in [0.4, 0.5) is 5.69 Å². The minimum Gasteiger partial charge on any atom is -0.496 e. The summed E-state index contributed by atoms with van der Waals surface area (Å²) in [4.78, 5) is 33.4. The van der Waals surface area contributed by atoms with Gasteiger partial charge in [-0.05, 0) is 54.3 Å². The van der Waals surface area contributed by atoms with Gasteiger partial charge in [0.15, 0.2) is 0 Å². The number of hydrogen-bond donors (Lipinski definition) is 5. The number of aliphatic hydroxyl groups is 1. The molecule has 2 aromatic carbocycles. The van der Waals surface area contributed by atoms with Crippen molar-refractivity contribution in [2.45, 2.75) is 38.9 Å². The summed E-state index contributed by atoms with van der Waals surface area (Å²) in [6.07, 6.45) is 4.82. The van der Waals surface area contributed by atoms with E-state index < -0.39 is 0 Å². The first-order valence-electron chi connectivity index (χ1n) is 14.9. The number of carbonyl (C=O) groups excluding carboxylic acids is 2. The van der Waals surface area contributed by atoms with Gasteiger partial charge in [0, 0.05) is 73.4 Å². The summed E-state index contributed by atoms with van der Waals surface area (Å²) in [6, 6.07) is 17.1. The van der Waals surface area contributed by atoms with E-state index in [0.29, 0.717) is 60.4 Å². The summed E-state index contributed by atoms with van der Waals surface area (Å²) in [5.74, 6) is 0.477. The lowest BCUT2D eigenvalue weighted by atomic mass is 9.97. The smallest absolute Gasteiger partial charge is 0.274 e. The van der Waals surface area contributed by atoms with Gasteiger partial charge in [-0.15, -0.1) is 0 Å². The lowest BCUT2D eigenvalue weighted by Gasteiger charge is -2.16. The maximum Gasteiger partial charge on any atom is 0.274 e. The number of rotatable bonds is 13. The number of aliphatic hydroxyl groups excluding tert-OH is 1. The summed E-state index contributed by atoms with van der Waals surface area (Å²) in [6.45, 7) is 4.33. The lowest BCUT2D eigenvalue weighted by Crippen LogP contribution is -2.35. The molecule has 2 amide bonds. The zero-order chi connectivity index (χ0) is 31.8. The van der Waals surface area contributed by atoms with Crippen LogP contribution in [0.3, 0.4) is 0 Å². The average Bonchev–Trinajstić information content (AvgIpc) is 3.47. The van der Waals surface area contributed by atoms with Crippen molar-refractivity contribution >= 4 is 29.1 Å². The third-order valence-corrected chi connectivity index (χ3v) is 8.17. The molecule has 0 saturated carbocycles. The zero-order valence-electron chi connectivity index (χ0n) is 25.3. The van der Waals surface area contributed by atoms with Gasteiger partial charge >= 0.3 is 0 Å². The number of carbonyl (C=O) groups is 2. The maximum absolute atomic E-state index is 13.1. The van der Waals surface area contributed by atoms with E-state index in [-0.39, 0.29) is 24.5 Å². The van der Waals surface area contributed by atoms with Gasteiger partial charge in [0.1, 0.15) is 11.4 Å². The Bertz CT molecular complexity index is 1660. The van der Waals surface area contributed by atoms with Crippen LogP contribution in [0.1, 0.15) is 40.0 Å². The Morgan fingerprint density at radius 3 is 2.69 bits per heavy atom. The minimum atomic E-state index is -0.314. The Labute approximate surface area is 267 Å². The van der Waals surface area contributed by atoms with E-state index in [9.17, 15) is 9.59 Å². The van der Waals surface area contributed by atoms with Crippen molar-refractivity contribution in [2.75, 3.05) is 32.1 Å². The number of ether oxygens (including phenoxy) is 1. The monoisotopic (exact) mass is 628 g/mol. The van der Waals surface area contributed by atoms with E-state index in [1.165, 1.54) is 0 Å². The minimum absolute atomic E-state index is 0.0593. The van der Waals surface area contributed by atoms with Crippen LogP contribution in [-0.4, -0.2) is 59.7 Å². The normalized spacial score (nSPS) is 14.3. The molecule has 0 aliphatic carbocycles. The molecule has 3 heterocycles. The number of benzene rings is 2. The number of methoxy groups -OCH3 is 1. The first-order valence-corrected chi connectivity index (χ1v) is 15.3. The van der Waals surface area contributed by atoms with E-state index in [2.05, 4.69) is 31.2 Å². The number of aromatic nitrogens is 2. The Hall–Kier alpha value is -4.35. The van der Waals surface area contributed by atoms with Gasteiger partial charge in [-0.3, -0.25) is 19.6 Å². The highest BCUT2D eigenvalue weighted by Crippen LogP contribution is 2.39. The molecule has 10 nitrogen and oxygen atoms in total. The van der Waals surface area contributed by atoms with Crippen LogP contribution in [0.25, 0.3) is 22.4 Å². The summed E-state index contributed by atoms with van der Waals surface area (Å²) in [5.41, 5.74) is 6.79. The SMILES string of the molecule is COc1cc(-c2nccc(-c3cccc(NC(=O)c4ccc(CNC[C@@H]5CCC(=O)N5)cn4)c3C)c2Cl)ccc1CNCCO. The van der Waals surface area contributed by atoms with Crippen LogP contribution in [0.2, 0.25) is 5.02 Å². The largest absolute Gasteiger partial charge is 0.496 e. The number of nitrogens with zero attached hydrogens (tertiary/aromatic N) is 2. The van der Waals surface area contributed by atoms with E-state index in [1.807, 2.05) is 55.5 Å². The van der Waals surface area contributed by atoms with Crippen molar-refractivity contribution in [3.05, 3.63) is 94.4 Å². The first-order chi connectivity index (χ1) is 21.9. The molecule has 0 bridgehead atoms. The topological polar surface area (TPSA) is 138 Å². The second-order valence-corrected chi connectivity index (χ2v) is 11.2. The van der Waals surface area contributed by atoms with Gasteiger partial charge in [-0.25, -0.2) is 0 Å².